The Morgan fingerprint density at radius 1 is 0.935 bits per heavy atom. The number of unbranched alkanes of at least 4 members (excludes halogenated alkanes) is 3. The number of rotatable bonds is 12. The van der Waals surface area contributed by atoms with E-state index in [-0.39, 0.29) is 40.6 Å². The molecule has 0 radical (unpaired) electrons. The predicted molar refractivity (Wildman–Crippen MR) is 172 cm³/mol. The van der Waals surface area contributed by atoms with Crippen LogP contribution < -0.4 is 10.2 Å². The lowest BCUT2D eigenvalue weighted by Gasteiger charge is -2.36. The lowest BCUT2D eigenvalue weighted by Crippen LogP contribution is -2.48. The van der Waals surface area contributed by atoms with Crippen LogP contribution in [0.15, 0.2) is 36.7 Å². The van der Waals surface area contributed by atoms with Crippen molar-refractivity contribution < 1.29 is 23.1 Å². The molecule has 0 atom stereocenters. The van der Waals surface area contributed by atoms with Crippen LogP contribution in [0.25, 0.3) is 22.3 Å². The number of halogens is 2. The van der Waals surface area contributed by atoms with Crippen LogP contribution in [-0.4, -0.2) is 74.6 Å². The third kappa shape index (κ3) is 7.57. The molecule has 3 aromatic heterocycles. The molecule has 0 bridgehead atoms. The molecule has 4 heterocycles. The molecule has 0 aliphatic carbocycles. The second-order valence-electron chi connectivity index (χ2n) is 11.7. The van der Waals surface area contributed by atoms with Gasteiger partial charge in [0.05, 0.1) is 30.7 Å². The van der Waals surface area contributed by atoms with Gasteiger partial charge in [-0.3, -0.25) is 9.59 Å². The molecule has 1 aliphatic heterocycles. The van der Waals surface area contributed by atoms with Gasteiger partial charge in [0.2, 0.25) is 11.9 Å². The Bertz CT molecular complexity index is 1680. The Kier molecular flexibility index (Phi) is 10.4. The fourth-order valence-corrected chi connectivity index (χ4v) is 5.82. The molecule has 1 aromatic carbocycles. The monoisotopic (exact) mass is 634 g/mol. The van der Waals surface area contributed by atoms with Crippen molar-refractivity contribution in [3.8, 4) is 11.3 Å². The average Bonchev–Trinajstić information content (AvgIpc) is 3.40. The molecular formula is C33H40F2N8O3. The molecule has 0 saturated carbocycles. The van der Waals surface area contributed by atoms with E-state index in [0.29, 0.717) is 56.2 Å². The van der Waals surface area contributed by atoms with Crippen molar-refractivity contribution in [3.63, 3.8) is 0 Å². The summed E-state index contributed by atoms with van der Waals surface area (Å²) in [7, 11) is 1.39. The summed E-state index contributed by atoms with van der Waals surface area (Å²) >= 11 is 0. The van der Waals surface area contributed by atoms with Gasteiger partial charge in [0.25, 0.3) is 0 Å². The fourth-order valence-electron chi connectivity index (χ4n) is 5.82. The van der Waals surface area contributed by atoms with Crippen molar-refractivity contribution in [1.82, 2.24) is 29.4 Å². The Hall–Kier alpha value is -4.68. The van der Waals surface area contributed by atoms with Gasteiger partial charge in [0.15, 0.2) is 11.6 Å². The zero-order chi connectivity index (χ0) is 32.8. The van der Waals surface area contributed by atoms with E-state index in [4.69, 9.17) is 0 Å². The quantitative estimate of drug-likeness (QED) is 0.149. The van der Waals surface area contributed by atoms with Gasteiger partial charge in [-0.05, 0) is 57.9 Å². The second kappa shape index (κ2) is 14.6. The number of aryl methyl sites for hydroxylation is 1. The van der Waals surface area contributed by atoms with Crippen molar-refractivity contribution in [2.75, 3.05) is 43.5 Å². The molecule has 1 saturated heterocycles. The zero-order valence-electron chi connectivity index (χ0n) is 26.7. The third-order valence-electron chi connectivity index (χ3n) is 8.19. The fraction of sp³-hybridized carbons (Fsp3) is 0.455. The highest BCUT2D eigenvalue weighted by Gasteiger charge is 2.22. The van der Waals surface area contributed by atoms with E-state index in [2.05, 4.69) is 34.9 Å². The highest BCUT2D eigenvalue weighted by molar-refractivity contribution is 5.83. The van der Waals surface area contributed by atoms with Gasteiger partial charge in [-0.25, -0.2) is 28.7 Å². The van der Waals surface area contributed by atoms with Crippen molar-refractivity contribution >= 4 is 40.4 Å². The molecule has 1 amide bonds. The number of piperazine rings is 1. The first-order valence-electron chi connectivity index (χ1n) is 15.7. The minimum absolute atomic E-state index is 0.0324. The number of carbonyl (C=O) groups is 2. The summed E-state index contributed by atoms with van der Waals surface area (Å²) in [5.41, 5.74) is 1.98. The number of nitrogens with one attached hydrogen (secondary N) is 1. The van der Waals surface area contributed by atoms with Crippen LogP contribution in [0, 0.1) is 18.6 Å². The second-order valence-corrected chi connectivity index (χ2v) is 11.7. The summed E-state index contributed by atoms with van der Waals surface area (Å²) in [6.45, 7) is 8.44. The van der Waals surface area contributed by atoms with Gasteiger partial charge >= 0.3 is 5.97 Å². The minimum Gasteiger partial charge on any atom is -0.469 e. The van der Waals surface area contributed by atoms with Gasteiger partial charge < -0.3 is 24.4 Å². The Labute approximate surface area is 267 Å². The van der Waals surface area contributed by atoms with Crippen LogP contribution in [0.3, 0.4) is 0 Å². The first-order chi connectivity index (χ1) is 22.1. The molecule has 13 heteroatoms. The van der Waals surface area contributed by atoms with Crippen molar-refractivity contribution in [2.24, 2.45) is 0 Å². The van der Waals surface area contributed by atoms with Gasteiger partial charge in [0.1, 0.15) is 22.9 Å². The minimum atomic E-state index is -0.673. The number of anilines is 3. The number of pyridine rings is 1. The van der Waals surface area contributed by atoms with Crippen LogP contribution in [-0.2, 0) is 14.3 Å². The topological polar surface area (TPSA) is 118 Å². The number of ether oxygens (including phenoxy) is 1. The van der Waals surface area contributed by atoms with E-state index >= 15 is 4.39 Å². The molecule has 1 fully saturated rings. The summed E-state index contributed by atoms with van der Waals surface area (Å²) in [4.78, 5) is 45.2. The molecule has 4 aromatic rings. The SMILES string of the molecule is COC(=O)CCCCCCC(=O)N1CCN(c2ccc(Nc3ncc(F)c(-c4cc(F)c5nc(C)n(C(C)C)c5c4)n3)nc2)CC1. The lowest BCUT2D eigenvalue weighted by atomic mass is 10.1. The van der Waals surface area contributed by atoms with E-state index in [1.165, 1.54) is 13.2 Å². The van der Waals surface area contributed by atoms with Crippen LogP contribution in [0.1, 0.15) is 64.2 Å². The number of hydrogen-bond acceptors (Lipinski definition) is 9. The molecule has 1 N–H and O–H groups in total. The van der Waals surface area contributed by atoms with E-state index in [9.17, 15) is 14.0 Å². The molecule has 46 heavy (non-hydrogen) atoms. The lowest BCUT2D eigenvalue weighted by molar-refractivity contribution is -0.140. The zero-order valence-corrected chi connectivity index (χ0v) is 26.7. The van der Waals surface area contributed by atoms with E-state index < -0.39 is 11.6 Å². The van der Waals surface area contributed by atoms with Gasteiger partial charge in [-0.1, -0.05) is 12.8 Å². The maximum absolute atomic E-state index is 15.0. The third-order valence-corrected chi connectivity index (χ3v) is 8.19. The van der Waals surface area contributed by atoms with Crippen LogP contribution in [0.4, 0.5) is 26.2 Å². The molecule has 244 valence electrons. The van der Waals surface area contributed by atoms with E-state index in [1.54, 1.807) is 18.3 Å². The Balaban J connectivity index is 1.16. The maximum Gasteiger partial charge on any atom is 0.305 e. The van der Waals surface area contributed by atoms with Crippen molar-refractivity contribution in [2.45, 2.75) is 65.3 Å². The van der Waals surface area contributed by atoms with E-state index in [0.717, 1.165) is 37.6 Å². The van der Waals surface area contributed by atoms with E-state index in [1.807, 2.05) is 36.3 Å². The Morgan fingerprint density at radius 2 is 1.67 bits per heavy atom. The summed E-state index contributed by atoms with van der Waals surface area (Å²) < 4.78 is 36.5. The van der Waals surface area contributed by atoms with Gasteiger partial charge in [-0.2, -0.15) is 0 Å². The average molecular weight is 635 g/mol. The molecule has 1 aliphatic rings. The number of carbonyl (C=O) groups excluding carboxylic acids is 2. The molecule has 11 nitrogen and oxygen atoms in total. The molecule has 0 spiro atoms. The van der Waals surface area contributed by atoms with Crippen molar-refractivity contribution in [3.05, 3.63) is 54.1 Å². The Morgan fingerprint density at radius 3 is 2.35 bits per heavy atom. The first-order valence-corrected chi connectivity index (χ1v) is 15.7. The van der Waals surface area contributed by atoms with Crippen molar-refractivity contribution in [1.29, 1.82) is 0 Å². The first kappa shape index (κ1) is 32.7. The number of benzene rings is 1. The normalized spacial score (nSPS) is 13.5. The van der Waals surface area contributed by atoms with Crippen LogP contribution in [0.2, 0.25) is 0 Å². The van der Waals surface area contributed by atoms with Gasteiger partial charge in [-0.15, -0.1) is 0 Å². The summed E-state index contributed by atoms with van der Waals surface area (Å²) in [6.07, 6.45) is 7.14. The standard InChI is InChI=1S/C33H40F2N8O3/c1-21(2)43-22(3)38-32-25(34)17-23(18-27(32)43)31-26(35)20-37-33(40-31)39-28-12-11-24(19-36-28)41-13-15-42(16-14-41)29(44)9-7-5-6-8-10-30(45)46-4/h11-12,17-21H,5-10,13-16H2,1-4H3,(H,36,37,39,40). The highest BCUT2D eigenvalue weighted by Crippen LogP contribution is 2.30. The maximum atomic E-state index is 15.0. The number of esters is 1. The van der Waals surface area contributed by atoms with Crippen LogP contribution in [0.5, 0.6) is 0 Å². The largest absolute Gasteiger partial charge is 0.469 e. The molecule has 0 unspecified atom stereocenters. The number of aromatic nitrogens is 5. The summed E-state index contributed by atoms with van der Waals surface area (Å²) in [6, 6.07) is 6.69. The highest BCUT2D eigenvalue weighted by atomic mass is 19.1. The number of fused-ring (bicyclic) bond motifs is 1. The number of methoxy groups -OCH3 is 1. The predicted octanol–water partition coefficient (Wildman–Crippen LogP) is 5.96. The number of nitrogens with zero attached hydrogens (tertiary/aromatic N) is 7. The smallest absolute Gasteiger partial charge is 0.305 e. The summed E-state index contributed by atoms with van der Waals surface area (Å²) in [5, 5.41) is 3.01. The number of imidazole rings is 1. The molecular weight excluding hydrogens is 594 g/mol. The number of amides is 1. The number of hydrogen-bond donors (Lipinski definition) is 1. The van der Waals surface area contributed by atoms with Crippen LogP contribution >= 0.6 is 0 Å². The van der Waals surface area contributed by atoms with Gasteiger partial charge in [0, 0.05) is 50.6 Å². The summed E-state index contributed by atoms with van der Waals surface area (Å²) in [5.74, 6) is 0.0152. The molecule has 5 rings (SSSR count).